The molecule has 0 saturated carbocycles. The smallest absolute Gasteiger partial charge is 0.105 e. The second-order valence-corrected chi connectivity index (χ2v) is 3.08. The molecule has 3 heteroatoms. The van der Waals surface area contributed by atoms with Crippen LogP contribution in [0.15, 0.2) is 24.3 Å². The van der Waals surface area contributed by atoms with E-state index in [-0.39, 0.29) is 12.7 Å². The Kier molecular flexibility index (Phi) is 4.59. The van der Waals surface area contributed by atoms with Crippen molar-refractivity contribution in [2.24, 2.45) is 0 Å². The minimum absolute atomic E-state index is 0.0345. The van der Waals surface area contributed by atoms with Crippen LogP contribution in [0.5, 0.6) is 0 Å². The predicted molar refractivity (Wildman–Crippen MR) is 54.0 cm³/mol. The Morgan fingerprint density at radius 1 is 1.21 bits per heavy atom. The number of hydrogen-bond acceptors (Lipinski definition) is 3. The van der Waals surface area contributed by atoms with Crippen molar-refractivity contribution in [1.82, 2.24) is 0 Å². The maximum atomic E-state index is 8.87. The van der Waals surface area contributed by atoms with Gasteiger partial charge in [-0.15, -0.1) is 0 Å². The standard InChI is InChI=1S/C11H16O3/c1-13-8-11(14-2)10-5-3-9(7-12)4-6-10/h3-6,11-12H,7-8H2,1-2H3. The maximum absolute atomic E-state index is 8.87. The zero-order chi connectivity index (χ0) is 10.4. The van der Waals surface area contributed by atoms with E-state index in [2.05, 4.69) is 0 Å². The maximum Gasteiger partial charge on any atom is 0.105 e. The van der Waals surface area contributed by atoms with Crippen LogP contribution in [0.1, 0.15) is 17.2 Å². The third kappa shape index (κ3) is 2.80. The lowest BCUT2D eigenvalue weighted by molar-refractivity contribution is 0.0274. The minimum Gasteiger partial charge on any atom is -0.392 e. The molecule has 1 aromatic rings. The Hall–Kier alpha value is -0.900. The first-order valence-corrected chi connectivity index (χ1v) is 4.53. The number of hydrogen-bond donors (Lipinski definition) is 1. The van der Waals surface area contributed by atoms with Gasteiger partial charge in [0.05, 0.1) is 13.2 Å². The highest BCUT2D eigenvalue weighted by Crippen LogP contribution is 2.17. The molecule has 0 aromatic heterocycles. The fraction of sp³-hybridized carbons (Fsp3) is 0.455. The van der Waals surface area contributed by atoms with Crippen LogP contribution in [0.4, 0.5) is 0 Å². The molecule has 0 fully saturated rings. The van der Waals surface area contributed by atoms with Crippen LogP contribution in [-0.4, -0.2) is 25.9 Å². The highest BCUT2D eigenvalue weighted by molar-refractivity contribution is 5.23. The molecule has 78 valence electrons. The van der Waals surface area contributed by atoms with Gasteiger partial charge in [-0.1, -0.05) is 24.3 Å². The summed E-state index contributed by atoms with van der Waals surface area (Å²) in [7, 11) is 3.30. The zero-order valence-corrected chi connectivity index (χ0v) is 8.56. The number of aliphatic hydroxyl groups excluding tert-OH is 1. The van der Waals surface area contributed by atoms with Gasteiger partial charge in [-0.2, -0.15) is 0 Å². The molecule has 0 radical (unpaired) electrons. The number of aliphatic hydroxyl groups is 1. The summed E-state index contributed by atoms with van der Waals surface area (Å²) in [6.07, 6.45) is -0.0345. The average Bonchev–Trinajstić information content (AvgIpc) is 2.26. The van der Waals surface area contributed by atoms with Crippen LogP contribution in [0, 0.1) is 0 Å². The number of ether oxygens (including phenoxy) is 2. The van der Waals surface area contributed by atoms with E-state index in [1.54, 1.807) is 14.2 Å². The normalized spacial score (nSPS) is 12.8. The Morgan fingerprint density at radius 2 is 1.86 bits per heavy atom. The van der Waals surface area contributed by atoms with Crippen molar-refractivity contribution in [1.29, 1.82) is 0 Å². The summed E-state index contributed by atoms with van der Waals surface area (Å²) in [5.74, 6) is 0. The van der Waals surface area contributed by atoms with E-state index in [1.807, 2.05) is 24.3 Å². The molecule has 1 atom stereocenters. The van der Waals surface area contributed by atoms with Gasteiger partial charge in [-0.25, -0.2) is 0 Å². The minimum atomic E-state index is -0.0345. The van der Waals surface area contributed by atoms with Gasteiger partial charge in [0.25, 0.3) is 0 Å². The molecule has 1 aromatic carbocycles. The van der Waals surface area contributed by atoms with Crippen LogP contribution >= 0.6 is 0 Å². The summed E-state index contributed by atoms with van der Waals surface area (Å²) >= 11 is 0. The molecule has 0 bridgehead atoms. The molecule has 0 aliphatic heterocycles. The Labute approximate surface area is 84.3 Å². The van der Waals surface area contributed by atoms with Gasteiger partial charge < -0.3 is 14.6 Å². The summed E-state index contributed by atoms with van der Waals surface area (Å²) in [5.41, 5.74) is 1.97. The van der Waals surface area contributed by atoms with Crippen molar-refractivity contribution in [3.8, 4) is 0 Å². The monoisotopic (exact) mass is 196 g/mol. The van der Waals surface area contributed by atoms with E-state index < -0.39 is 0 Å². The van der Waals surface area contributed by atoms with Gasteiger partial charge in [0.2, 0.25) is 0 Å². The third-order valence-electron chi connectivity index (χ3n) is 2.14. The first kappa shape index (κ1) is 11.2. The molecule has 0 aliphatic carbocycles. The molecular formula is C11H16O3. The van der Waals surface area contributed by atoms with E-state index in [0.717, 1.165) is 11.1 Å². The Bertz CT molecular complexity index is 256. The Balaban J connectivity index is 2.73. The summed E-state index contributed by atoms with van der Waals surface area (Å²) in [6, 6.07) is 7.66. The van der Waals surface area contributed by atoms with E-state index >= 15 is 0 Å². The molecule has 0 amide bonds. The molecule has 1 N–H and O–H groups in total. The topological polar surface area (TPSA) is 38.7 Å². The molecule has 1 unspecified atom stereocenters. The molecule has 0 spiro atoms. The first-order valence-electron chi connectivity index (χ1n) is 4.53. The number of benzene rings is 1. The summed E-state index contributed by atoms with van der Waals surface area (Å²) in [6.45, 7) is 0.608. The number of rotatable bonds is 5. The van der Waals surface area contributed by atoms with Crippen molar-refractivity contribution < 1.29 is 14.6 Å². The molecule has 0 heterocycles. The largest absolute Gasteiger partial charge is 0.392 e. The van der Waals surface area contributed by atoms with Crippen molar-refractivity contribution in [2.75, 3.05) is 20.8 Å². The lowest BCUT2D eigenvalue weighted by atomic mass is 10.1. The van der Waals surface area contributed by atoms with E-state index in [0.29, 0.717) is 6.61 Å². The molecule has 0 saturated heterocycles. The highest BCUT2D eigenvalue weighted by Gasteiger charge is 2.09. The molecule has 3 nitrogen and oxygen atoms in total. The van der Waals surface area contributed by atoms with Crippen molar-refractivity contribution in [2.45, 2.75) is 12.7 Å². The lowest BCUT2D eigenvalue weighted by Gasteiger charge is -2.14. The SMILES string of the molecule is COCC(OC)c1ccc(CO)cc1. The second-order valence-electron chi connectivity index (χ2n) is 3.08. The highest BCUT2D eigenvalue weighted by atomic mass is 16.5. The van der Waals surface area contributed by atoms with Gasteiger partial charge >= 0.3 is 0 Å². The van der Waals surface area contributed by atoms with Gasteiger partial charge in [0, 0.05) is 14.2 Å². The summed E-state index contributed by atoms with van der Waals surface area (Å²) in [4.78, 5) is 0. The second kappa shape index (κ2) is 5.75. The van der Waals surface area contributed by atoms with Crippen molar-refractivity contribution in [3.05, 3.63) is 35.4 Å². The van der Waals surface area contributed by atoms with Crippen LogP contribution in [0.2, 0.25) is 0 Å². The van der Waals surface area contributed by atoms with Gasteiger partial charge in [-0.05, 0) is 11.1 Å². The predicted octanol–water partition coefficient (Wildman–Crippen LogP) is 1.51. The van der Waals surface area contributed by atoms with Gasteiger partial charge in [0.1, 0.15) is 6.10 Å². The van der Waals surface area contributed by atoms with Gasteiger partial charge in [-0.3, -0.25) is 0 Å². The molecule has 0 aliphatic rings. The fourth-order valence-corrected chi connectivity index (χ4v) is 1.29. The number of methoxy groups -OCH3 is 2. The average molecular weight is 196 g/mol. The van der Waals surface area contributed by atoms with E-state index in [4.69, 9.17) is 14.6 Å². The van der Waals surface area contributed by atoms with Crippen LogP contribution in [0.25, 0.3) is 0 Å². The van der Waals surface area contributed by atoms with Crippen LogP contribution < -0.4 is 0 Å². The summed E-state index contributed by atoms with van der Waals surface area (Å²) < 4.78 is 10.3. The molecule has 14 heavy (non-hydrogen) atoms. The third-order valence-corrected chi connectivity index (χ3v) is 2.14. The van der Waals surface area contributed by atoms with Crippen molar-refractivity contribution >= 4 is 0 Å². The quantitative estimate of drug-likeness (QED) is 0.775. The fourth-order valence-electron chi connectivity index (χ4n) is 1.29. The van der Waals surface area contributed by atoms with E-state index in [9.17, 15) is 0 Å². The van der Waals surface area contributed by atoms with Gasteiger partial charge in [0.15, 0.2) is 0 Å². The van der Waals surface area contributed by atoms with Crippen molar-refractivity contribution in [3.63, 3.8) is 0 Å². The Morgan fingerprint density at radius 3 is 2.29 bits per heavy atom. The zero-order valence-electron chi connectivity index (χ0n) is 8.56. The van der Waals surface area contributed by atoms with Crippen LogP contribution in [0.3, 0.4) is 0 Å². The molecule has 1 rings (SSSR count). The van der Waals surface area contributed by atoms with Crippen LogP contribution in [-0.2, 0) is 16.1 Å². The summed E-state index contributed by atoms with van der Waals surface area (Å²) in [5, 5.41) is 8.87. The molecular weight excluding hydrogens is 180 g/mol. The lowest BCUT2D eigenvalue weighted by Crippen LogP contribution is -2.08. The van der Waals surface area contributed by atoms with E-state index in [1.165, 1.54) is 0 Å². The first-order chi connectivity index (χ1) is 6.81.